The molecule has 1 aliphatic heterocycles. The Bertz CT molecular complexity index is 337. The maximum atomic E-state index is 5.35. The molecule has 0 aliphatic carbocycles. The fourth-order valence-corrected chi connectivity index (χ4v) is 2.92. The van der Waals surface area contributed by atoms with Gasteiger partial charge in [0.2, 0.25) is 0 Å². The molecule has 1 aromatic carbocycles. The van der Waals surface area contributed by atoms with Crippen LogP contribution in [0.2, 0.25) is 0 Å². The monoisotopic (exact) mass is 251 g/mol. The molecule has 94 valence electrons. The van der Waals surface area contributed by atoms with Crippen LogP contribution in [0.15, 0.2) is 29.2 Å². The van der Waals surface area contributed by atoms with Gasteiger partial charge in [0.1, 0.15) is 0 Å². The van der Waals surface area contributed by atoms with Crippen LogP contribution in [-0.4, -0.2) is 32.1 Å². The summed E-state index contributed by atoms with van der Waals surface area (Å²) in [4.78, 5) is 1.37. The van der Waals surface area contributed by atoms with Crippen molar-refractivity contribution in [3.05, 3.63) is 29.8 Å². The van der Waals surface area contributed by atoms with Gasteiger partial charge in [0.05, 0.1) is 6.61 Å². The first-order valence-corrected chi connectivity index (χ1v) is 7.31. The van der Waals surface area contributed by atoms with Crippen molar-refractivity contribution < 1.29 is 4.74 Å². The van der Waals surface area contributed by atoms with Gasteiger partial charge in [-0.3, -0.25) is 0 Å². The Kier molecular flexibility index (Phi) is 5.36. The molecule has 1 aromatic rings. The van der Waals surface area contributed by atoms with Gasteiger partial charge < -0.3 is 10.1 Å². The normalized spacial score (nSPS) is 19.7. The van der Waals surface area contributed by atoms with Gasteiger partial charge in [-0.15, -0.1) is 11.8 Å². The predicted molar refractivity (Wildman–Crippen MR) is 73.7 cm³/mol. The molecule has 3 heteroatoms. The minimum absolute atomic E-state index is 0.735. The largest absolute Gasteiger partial charge is 0.381 e. The molecule has 0 bridgehead atoms. The quantitative estimate of drug-likeness (QED) is 0.620. The number of nitrogens with one attached hydrogen (secondary N) is 1. The molecular formula is C14H21NOS. The summed E-state index contributed by atoms with van der Waals surface area (Å²) >= 11 is 1.92. The van der Waals surface area contributed by atoms with E-state index < -0.39 is 0 Å². The number of ether oxygens (including phenoxy) is 1. The molecule has 0 radical (unpaired) electrons. The minimum Gasteiger partial charge on any atom is -0.381 e. The van der Waals surface area contributed by atoms with Crippen LogP contribution >= 0.6 is 11.8 Å². The van der Waals surface area contributed by atoms with E-state index in [-0.39, 0.29) is 0 Å². The van der Waals surface area contributed by atoms with Gasteiger partial charge >= 0.3 is 0 Å². The molecule has 0 spiro atoms. The molecule has 1 atom stereocenters. The number of benzene rings is 1. The highest BCUT2D eigenvalue weighted by Gasteiger charge is 2.14. The van der Waals surface area contributed by atoms with Crippen molar-refractivity contribution in [2.24, 2.45) is 5.92 Å². The Balaban J connectivity index is 1.56. The van der Waals surface area contributed by atoms with E-state index in [1.54, 1.807) is 0 Å². The van der Waals surface area contributed by atoms with Gasteiger partial charge in [-0.2, -0.15) is 0 Å². The van der Waals surface area contributed by atoms with Crippen LogP contribution in [0, 0.1) is 12.8 Å². The molecule has 1 unspecified atom stereocenters. The van der Waals surface area contributed by atoms with Crippen molar-refractivity contribution in [3.8, 4) is 0 Å². The third-order valence-corrected chi connectivity index (χ3v) is 3.99. The maximum absolute atomic E-state index is 5.35. The molecule has 2 nitrogen and oxygen atoms in total. The molecule has 17 heavy (non-hydrogen) atoms. The van der Waals surface area contributed by atoms with Gasteiger partial charge in [0.15, 0.2) is 0 Å². The fraction of sp³-hybridized carbons (Fsp3) is 0.571. The Labute approximate surface area is 108 Å². The number of hydrogen-bond acceptors (Lipinski definition) is 3. The van der Waals surface area contributed by atoms with Gasteiger partial charge in [-0.25, -0.2) is 0 Å². The number of thioether (sulfide) groups is 1. The second kappa shape index (κ2) is 7.04. The molecule has 1 heterocycles. The van der Waals surface area contributed by atoms with E-state index in [0.29, 0.717) is 0 Å². The summed E-state index contributed by atoms with van der Waals surface area (Å²) in [5, 5.41) is 3.51. The van der Waals surface area contributed by atoms with Crippen LogP contribution in [-0.2, 0) is 4.74 Å². The highest BCUT2D eigenvalue weighted by Crippen LogP contribution is 2.18. The molecule has 1 fully saturated rings. The summed E-state index contributed by atoms with van der Waals surface area (Å²) in [6.45, 7) is 6.22. The lowest BCUT2D eigenvalue weighted by Crippen LogP contribution is -2.25. The summed E-state index contributed by atoms with van der Waals surface area (Å²) in [5.74, 6) is 1.87. The lowest BCUT2D eigenvalue weighted by molar-refractivity contribution is 0.185. The third kappa shape index (κ3) is 4.70. The molecule has 1 aliphatic rings. The molecule has 0 aromatic heterocycles. The number of aryl methyl sites for hydroxylation is 1. The smallest absolute Gasteiger partial charge is 0.0507 e. The topological polar surface area (TPSA) is 21.3 Å². The van der Waals surface area contributed by atoms with Crippen molar-refractivity contribution in [3.63, 3.8) is 0 Å². The van der Waals surface area contributed by atoms with Gasteiger partial charge in [-0.1, -0.05) is 17.7 Å². The molecule has 0 amide bonds. The first-order chi connectivity index (χ1) is 8.34. The molecule has 1 saturated heterocycles. The van der Waals surface area contributed by atoms with Crippen LogP contribution < -0.4 is 5.32 Å². The summed E-state index contributed by atoms with van der Waals surface area (Å²) in [7, 11) is 0. The first kappa shape index (κ1) is 12.9. The average Bonchev–Trinajstić information content (AvgIpc) is 2.82. The molecule has 0 saturated carbocycles. The van der Waals surface area contributed by atoms with Crippen molar-refractivity contribution >= 4 is 11.8 Å². The zero-order valence-electron chi connectivity index (χ0n) is 10.4. The van der Waals surface area contributed by atoms with Crippen molar-refractivity contribution in [2.75, 3.05) is 32.1 Å². The predicted octanol–water partition coefficient (Wildman–Crippen LogP) is 2.71. The third-order valence-electron chi connectivity index (χ3n) is 2.99. The van der Waals surface area contributed by atoms with E-state index in [0.717, 1.165) is 38.0 Å². The van der Waals surface area contributed by atoms with Gasteiger partial charge in [-0.05, 0) is 31.4 Å². The fourth-order valence-electron chi connectivity index (χ4n) is 2.00. The Hall–Kier alpha value is -0.510. The Morgan fingerprint density at radius 2 is 2.41 bits per heavy atom. The van der Waals surface area contributed by atoms with E-state index >= 15 is 0 Å². The highest BCUT2D eigenvalue weighted by atomic mass is 32.2. The van der Waals surface area contributed by atoms with E-state index in [1.807, 2.05) is 11.8 Å². The van der Waals surface area contributed by atoms with Gasteiger partial charge in [0.25, 0.3) is 0 Å². The summed E-state index contributed by atoms with van der Waals surface area (Å²) in [6, 6.07) is 8.70. The van der Waals surface area contributed by atoms with Crippen LogP contribution in [0.5, 0.6) is 0 Å². The maximum Gasteiger partial charge on any atom is 0.0507 e. The van der Waals surface area contributed by atoms with Gasteiger partial charge in [0, 0.05) is 30.3 Å². The Morgan fingerprint density at radius 3 is 3.18 bits per heavy atom. The van der Waals surface area contributed by atoms with Crippen molar-refractivity contribution in [2.45, 2.75) is 18.2 Å². The standard InChI is InChI=1S/C14H21NOS/c1-12-3-2-4-14(9-12)17-8-6-15-10-13-5-7-16-11-13/h2-4,9,13,15H,5-8,10-11H2,1H3. The number of rotatable bonds is 6. The van der Waals surface area contributed by atoms with Crippen molar-refractivity contribution in [1.82, 2.24) is 5.32 Å². The second-order valence-corrected chi connectivity index (χ2v) is 5.77. The van der Waals surface area contributed by atoms with E-state index in [4.69, 9.17) is 4.74 Å². The summed E-state index contributed by atoms with van der Waals surface area (Å²) < 4.78 is 5.35. The zero-order valence-corrected chi connectivity index (χ0v) is 11.3. The average molecular weight is 251 g/mol. The van der Waals surface area contributed by atoms with Crippen LogP contribution in [0.3, 0.4) is 0 Å². The summed E-state index contributed by atoms with van der Waals surface area (Å²) in [6.07, 6.45) is 1.22. The summed E-state index contributed by atoms with van der Waals surface area (Å²) in [5.41, 5.74) is 1.34. The highest BCUT2D eigenvalue weighted by molar-refractivity contribution is 7.99. The van der Waals surface area contributed by atoms with Crippen LogP contribution in [0.25, 0.3) is 0 Å². The lowest BCUT2D eigenvalue weighted by Gasteiger charge is -2.09. The first-order valence-electron chi connectivity index (χ1n) is 6.32. The minimum atomic E-state index is 0.735. The SMILES string of the molecule is Cc1cccc(SCCNCC2CCOC2)c1. The van der Waals surface area contributed by atoms with E-state index in [9.17, 15) is 0 Å². The molecular weight excluding hydrogens is 230 g/mol. The number of hydrogen-bond donors (Lipinski definition) is 1. The molecule has 1 N–H and O–H groups in total. The van der Waals surface area contributed by atoms with Crippen molar-refractivity contribution in [1.29, 1.82) is 0 Å². The zero-order chi connectivity index (χ0) is 11.9. The van der Waals surface area contributed by atoms with Crippen LogP contribution in [0.1, 0.15) is 12.0 Å². The lowest BCUT2D eigenvalue weighted by atomic mass is 10.1. The van der Waals surface area contributed by atoms with Crippen LogP contribution in [0.4, 0.5) is 0 Å². The molecule has 2 rings (SSSR count). The van der Waals surface area contributed by atoms with E-state index in [1.165, 1.54) is 16.9 Å². The van der Waals surface area contributed by atoms with E-state index in [2.05, 4.69) is 36.5 Å². The Morgan fingerprint density at radius 1 is 1.47 bits per heavy atom. The second-order valence-electron chi connectivity index (χ2n) is 4.60.